The number of carbonyl (C=O) groups is 2. The van der Waals surface area contributed by atoms with Crippen molar-refractivity contribution in [1.82, 2.24) is 4.98 Å². The van der Waals surface area contributed by atoms with Crippen molar-refractivity contribution in [2.45, 2.75) is 26.7 Å². The molecule has 0 aliphatic heterocycles. The van der Waals surface area contributed by atoms with Crippen molar-refractivity contribution in [1.29, 1.82) is 0 Å². The molecule has 0 saturated heterocycles. The van der Waals surface area contributed by atoms with Gasteiger partial charge in [0.2, 0.25) is 0 Å². The number of esters is 1. The first kappa shape index (κ1) is 24.4. The van der Waals surface area contributed by atoms with E-state index >= 15 is 0 Å². The first-order valence-corrected chi connectivity index (χ1v) is 12.2. The largest absolute Gasteiger partial charge is 0.469 e. The van der Waals surface area contributed by atoms with Crippen LogP contribution in [0.2, 0.25) is 0 Å². The van der Waals surface area contributed by atoms with Gasteiger partial charge in [-0.1, -0.05) is 68.4 Å². The highest BCUT2D eigenvalue weighted by Crippen LogP contribution is 2.32. The molecule has 0 saturated carbocycles. The minimum absolute atomic E-state index is 0.154. The van der Waals surface area contributed by atoms with Gasteiger partial charge in [0.05, 0.1) is 23.4 Å². The zero-order chi connectivity index (χ0) is 24.8. The van der Waals surface area contributed by atoms with E-state index in [1.807, 2.05) is 86.8 Å². The Hall–Kier alpha value is -3.77. The minimum atomic E-state index is -0.233. The lowest BCUT2D eigenvalue weighted by Crippen LogP contribution is -2.20. The highest BCUT2D eigenvalue weighted by atomic mass is 32.1. The summed E-state index contributed by atoms with van der Waals surface area (Å²) >= 11 is 1.60. The molecule has 0 aliphatic rings. The Balaban J connectivity index is 1.38. The van der Waals surface area contributed by atoms with E-state index in [9.17, 15) is 9.59 Å². The van der Waals surface area contributed by atoms with Crippen LogP contribution in [0.5, 0.6) is 0 Å². The summed E-state index contributed by atoms with van der Waals surface area (Å²) in [6.07, 6.45) is 2.88. The van der Waals surface area contributed by atoms with E-state index < -0.39 is 0 Å². The molecule has 5 nitrogen and oxygen atoms in total. The van der Waals surface area contributed by atoms with Gasteiger partial charge >= 0.3 is 5.97 Å². The van der Waals surface area contributed by atoms with Crippen LogP contribution in [0.4, 0.5) is 5.69 Å². The van der Waals surface area contributed by atoms with E-state index in [1.54, 1.807) is 11.3 Å². The van der Waals surface area contributed by atoms with Gasteiger partial charge in [-0.3, -0.25) is 9.59 Å². The number of amides is 1. The molecule has 0 fully saturated rings. The topological polar surface area (TPSA) is 68.3 Å². The number of rotatable bonds is 8. The number of hydrogen-bond donors (Lipinski definition) is 1. The number of thiazole rings is 1. The Labute approximate surface area is 209 Å². The lowest BCUT2D eigenvalue weighted by molar-refractivity contribution is -0.142. The molecule has 178 valence electrons. The summed E-state index contributed by atoms with van der Waals surface area (Å²) in [5.41, 5.74) is 4.35. The molecule has 0 atom stereocenters. The lowest BCUT2D eigenvalue weighted by atomic mass is 9.86. The van der Waals surface area contributed by atoms with E-state index in [0.717, 1.165) is 32.3 Å². The van der Waals surface area contributed by atoms with Crippen molar-refractivity contribution in [3.8, 4) is 21.6 Å². The number of nitrogens with zero attached hydrogens (tertiary/aromatic N) is 1. The van der Waals surface area contributed by atoms with Gasteiger partial charge in [-0.15, -0.1) is 11.3 Å². The predicted molar refractivity (Wildman–Crippen MR) is 141 cm³/mol. The van der Waals surface area contributed by atoms with E-state index in [4.69, 9.17) is 4.74 Å². The molecule has 1 amide bonds. The Morgan fingerprint density at radius 1 is 0.886 bits per heavy atom. The smallest absolute Gasteiger partial charge is 0.306 e. The molecule has 0 bridgehead atoms. The zero-order valence-corrected chi connectivity index (χ0v) is 20.9. The maximum absolute atomic E-state index is 12.7. The van der Waals surface area contributed by atoms with Gasteiger partial charge in [0, 0.05) is 23.9 Å². The van der Waals surface area contributed by atoms with Gasteiger partial charge in [-0.05, 0) is 46.4 Å². The molecule has 0 radical (unpaired) electrons. The van der Waals surface area contributed by atoms with Gasteiger partial charge in [-0.25, -0.2) is 4.98 Å². The molecule has 1 heterocycles. The van der Waals surface area contributed by atoms with Crippen molar-refractivity contribution in [3.63, 3.8) is 0 Å². The zero-order valence-electron chi connectivity index (χ0n) is 20.1. The third-order valence-electron chi connectivity index (χ3n) is 5.72. The van der Waals surface area contributed by atoms with Crippen LogP contribution in [0.15, 0.2) is 85.1 Å². The van der Waals surface area contributed by atoms with Gasteiger partial charge in [0.25, 0.3) is 5.91 Å². The number of methoxy groups -OCH3 is 1. The molecule has 3 aromatic carbocycles. The molecular weight excluding hydrogens is 456 g/mol. The van der Waals surface area contributed by atoms with E-state index in [1.165, 1.54) is 7.11 Å². The van der Waals surface area contributed by atoms with Crippen molar-refractivity contribution in [2.24, 2.45) is 5.41 Å². The standard InChI is InChI=1S/C29H28N2O3S/c1-29(2,18-27(32)34-3)17-26-30-19-25(35-26)22-9-11-23(12-10-22)28(33)31-24-15-13-21(14-16-24)20-7-5-4-6-8-20/h4-16,19H,17-18H2,1-3H3,(H,31,33). The maximum Gasteiger partial charge on any atom is 0.306 e. The minimum Gasteiger partial charge on any atom is -0.469 e. The van der Waals surface area contributed by atoms with Crippen molar-refractivity contribution < 1.29 is 14.3 Å². The Kier molecular flexibility index (Phi) is 7.42. The van der Waals surface area contributed by atoms with E-state index in [-0.39, 0.29) is 17.3 Å². The number of nitrogens with one attached hydrogen (secondary N) is 1. The van der Waals surface area contributed by atoms with Gasteiger partial charge < -0.3 is 10.1 Å². The SMILES string of the molecule is COC(=O)CC(C)(C)Cc1ncc(-c2ccc(C(=O)Nc3ccc(-c4ccccc4)cc3)cc2)s1. The van der Waals surface area contributed by atoms with Crippen LogP contribution in [-0.4, -0.2) is 24.0 Å². The monoisotopic (exact) mass is 484 g/mol. The van der Waals surface area contributed by atoms with Crippen molar-refractivity contribution in [2.75, 3.05) is 12.4 Å². The van der Waals surface area contributed by atoms with Gasteiger partial charge in [0.1, 0.15) is 0 Å². The summed E-state index contributed by atoms with van der Waals surface area (Å²) in [6.45, 7) is 4.07. The Bertz CT molecular complexity index is 1290. The highest BCUT2D eigenvalue weighted by molar-refractivity contribution is 7.15. The van der Waals surface area contributed by atoms with Crippen LogP contribution in [-0.2, 0) is 16.0 Å². The second kappa shape index (κ2) is 10.7. The maximum atomic E-state index is 12.7. The number of aromatic nitrogens is 1. The quantitative estimate of drug-likeness (QED) is 0.277. The average molecular weight is 485 g/mol. The predicted octanol–water partition coefficient (Wildman–Crippen LogP) is 6.86. The summed E-state index contributed by atoms with van der Waals surface area (Å²) in [5, 5.41) is 3.93. The molecule has 4 rings (SSSR count). The first-order chi connectivity index (χ1) is 16.8. The van der Waals surface area contributed by atoms with Crippen LogP contribution >= 0.6 is 11.3 Å². The molecule has 4 aromatic rings. The Morgan fingerprint density at radius 2 is 1.51 bits per heavy atom. The third-order valence-corrected chi connectivity index (χ3v) is 6.76. The van der Waals surface area contributed by atoms with Crippen LogP contribution in [0.3, 0.4) is 0 Å². The second-order valence-corrected chi connectivity index (χ2v) is 10.3. The number of anilines is 1. The average Bonchev–Trinajstić information content (AvgIpc) is 3.32. The summed E-state index contributed by atoms with van der Waals surface area (Å²) < 4.78 is 4.80. The van der Waals surface area contributed by atoms with E-state index in [0.29, 0.717) is 18.4 Å². The molecule has 0 unspecified atom stereocenters. The molecule has 0 spiro atoms. The molecule has 0 aliphatic carbocycles. The molecule has 6 heteroatoms. The Morgan fingerprint density at radius 3 is 2.17 bits per heavy atom. The number of ether oxygens (including phenoxy) is 1. The van der Waals surface area contributed by atoms with Gasteiger partial charge in [-0.2, -0.15) is 0 Å². The van der Waals surface area contributed by atoms with Crippen LogP contribution in [0, 0.1) is 5.41 Å². The van der Waals surface area contributed by atoms with Crippen molar-refractivity contribution in [3.05, 3.63) is 95.6 Å². The first-order valence-electron chi connectivity index (χ1n) is 11.4. The third kappa shape index (κ3) is 6.43. The number of carbonyl (C=O) groups excluding carboxylic acids is 2. The molecule has 1 aromatic heterocycles. The molecule has 1 N–H and O–H groups in total. The van der Waals surface area contributed by atoms with Crippen molar-refractivity contribution >= 4 is 28.9 Å². The second-order valence-electron chi connectivity index (χ2n) is 9.19. The summed E-state index contributed by atoms with van der Waals surface area (Å²) in [5.74, 6) is -0.369. The van der Waals surface area contributed by atoms with Crippen LogP contribution in [0.1, 0.15) is 35.6 Å². The summed E-state index contributed by atoms with van der Waals surface area (Å²) in [6, 6.07) is 25.5. The normalized spacial score (nSPS) is 11.2. The summed E-state index contributed by atoms with van der Waals surface area (Å²) in [4.78, 5) is 29.9. The fourth-order valence-electron chi connectivity index (χ4n) is 3.83. The number of hydrogen-bond acceptors (Lipinski definition) is 5. The molecule has 35 heavy (non-hydrogen) atoms. The van der Waals surface area contributed by atoms with E-state index in [2.05, 4.69) is 22.4 Å². The van der Waals surface area contributed by atoms with Gasteiger partial charge in [0.15, 0.2) is 0 Å². The molecular formula is C29H28N2O3S. The lowest BCUT2D eigenvalue weighted by Gasteiger charge is -2.21. The van der Waals surface area contributed by atoms with Crippen LogP contribution < -0.4 is 5.32 Å². The van der Waals surface area contributed by atoms with Crippen LogP contribution in [0.25, 0.3) is 21.6 Å². The fourth-order valence-corrected chi connectivity index (χ4v) is 5.01. The number of benzene rings is 3. The highest BCUT2D eigenvalue weighted by Gasteiger charge is 2.24. The fraction of sp³-hybridized carbons (Fsp3) is 0.207. The summed E-state index contributed by atoms with van der Waals surface area (Å²) in [7, 11) is 1.41.